The van der Waals surface area contributed by atoms with Gasteiger partial charge in [0.1, 0.15) is 11.3 Å². The van der Waals surface area contributed by atoms with E-state index in [0.29, 0.717) is 12.2 Å². The van der Waals surface area contributed by atoms with Crippen LogP contribution in [0.2, 0.25) is 0 Å². The third-order valence-corrected chi connectivity index (χ3v) is 3.03. The average molecular weight is 294 g/mol. The molecule has 21 heavy (non-hydrogen) atoms. The molecular formula is C15H22N2O4. The van der Waals surface area contributed by atoms with Gasteiger partial charge in [-0.1, -0.05) is 6.92 Å². The highest BCUT2D eigenvalue weighted by atomic mass is 16.5. The summed E-state index contributed by atoms with van der Waals surface area (Å²) in [4.78, 5) is 25.0. The SMILES string of the molecule is CCCN(C(=O)Nc1ccc(C(=O)O)c(OC)c1)C(C)C. The van der Waals surface area contributed by atoms with Crippen molar-refractivity contribution in [3.63, 3.8) is 0 Å². The second-order valence-corrected chi connectivity index (χ2v) is 4.94. The van der Waals surface area contributed by atoms with Crippen molar-refractivity contribution >= 4 is 17.7 Å². The molecule has 6 heteroatoms. The van der Waals surface area contributed by atoms with Crippen molar-refractivity contribution in [2.45, 2.75) is 33.2 Å². The minimum absolute atomic E-state index is 0.0600. The number of hydrogen-bond acceptors (Lipinski definition) is 3. The summed E-state index contributed by atoms with van der Waals surface area (Å²) in [7, 11) is 1.39. The molecule has 0 spiro atoms. The lowest BCUT2D eigenvalue weighted by atomic mass is 10.2. The van der Waals surface area contributed by atoms with Crippen molar-refractivity contribution in [3.05, 3.63) is 23.8 Å². The monoisotopic (exact) mass is 294 g/mol. The van der Waals surface area contributed by atoms with E-state index in [2.05, 4.69) is 5.32 Å². The van der Waals surface area contributed by atoms with Crippen LogP contribution in [0.3, 0.4) is 0 Å². The maximum atomic E-state index is 12.2. The van der Waals surface area contributed by atoms with E-state index in [9.17, 15) is 9.59 Å². The zero-order valence-electron chi connectivity index (χ0n) is 12.8. The van der Waals surface area contributed by atoms with Crippen molar-refractivity contribution in [3.8, 4) is 5.75 Å². The van der Waals surface area contributed by atoms with Gasteiger partial charge in [-0.05, 0) is 32.4 Å². The van der Waals surface area contributed by atoms with Crippen LogP contribution in [0.1, 0.15) is 37.6 Å². The number of amides is 2. The van der Waals surface area contributed by atoms with Gasteiger partial charge in [-0.2, -0.15) is 0 Å². The molecule has 0 atom stereocenters. The highest BCUT2D eigenvalue weighted by Gasteiger charge is 2.17. The molecule has 0 heterocycles. The minimum atomic E-state index is -1.07. The van der Waals surface area contributed by atoms with Crippen LogP contribution in [0.15, 0.2) is 18.2 Å². The van der Waals surface area contributed by atoms with Gasteiger partial charge in [-0.15, -0.1) is 0 Å². The fourth-order valence-electron chi connectivity index (χ4n) is 1.98. The lowest BCUT2D eigenvalue weighted by molar-refractivity contribution is 0.0693. The summed E-state index contributed by atoms with van der Waals surface area (Å²) in [6.45, 7) is 6.56. The Hall–Kier alpha value is -2.24. The number of urea groups is 1. The number of nitrogens with one attached hydrogen (secondary N) is 1. The Morgan fingerprint density at radius 1 is 1.38 bits per heavy atom. The summed E-state index contributed by atoms with van der Waals surface area (Å²) in [6.07, 6.45) is 0.868. The molecule has 0 bridgehead atoms. The Balaban J connectivity index is 2.92. The number of nitrogens with zero attached hydrogens (tertiary/aromatic N) is 1. The molecule has 2 N–H and O–H groups in total. The molecular weight excluding hydrogens is 272 g/mol. The molecule has 0 fully saturated rings. The van der Waals surface area contributed by atoms with Crippen LogP contribution >= 0.6 is 0 Å². The molecule has 0 unspecified atom stereocenters. The van der Waals surface area contributed by atoms with Gasteiger partial charge >= 0.3 is 12.0 Å². The van der Waals surface area contributed by atoms with Gasteiger partial charge in [0, 0.05) is 24.3 Å². The number of carboxylic acid groups (broad SMARTS) is 1. The molecule has 1 aromatic rings. The molecule has 0 aromatic heterocycles. The number of carbonyl (C=O) groups excluding carboxylic acids is 1. The topological polar surface area (TPSA) is 78.9 Å². The summed E-state index contributed by atoms with van der Waals surface area (Å²) in [5.41, 5.74) is 0.563. The fourth-order valence-corrected chi connectivity index (χ4v) is 1.98. The van der Waals surface area contributed by atoms with Gasteiger partial charge in [-0.25, -0.2) is 9.59 Å². The van der Waals surface area contributed by atoms with E-state index < -0.39 is 5.97 Å². The zero-order valence-corrected chi connectivity index (χ0v) is 12.8. The smallest absolute Gasteiger partial charge is 0.339 e. The zero-order chi connectivity index (χ0) is 16.0. The standard InChI is InChI=1S/C15H22N2O4/c1-5-8-17(10(2)3)15(20)16-11-6-7-12(14(18)19)13(9-11)21-4/h6-7,9-10H,5,8H2,1-4H3,(H,16,20)(H,18,19). The van der Waals surface area contributed by atoms with E-state index in [0.717, 1.165) is 6.42 Å². The molecule has 0 radical (unpaired) electrons. The first-order chi connectivity index (χ1) is 9.90. The largest absolute Gasteiger partial charge is 0.496 e. The molecule has 116 valence electrons. The molecule has 0 saturated carbocycles. The summed E-state index contributed by atoms with van der Waals surface area (Å²) in [6, 6.07) is 4.35. The first-order valence-corrected chi connectivity index (χ1v) is 6.89. The molecule has 0 aliphatic carbocycles. The van der Waals surface area contributed by atoms with Crippen LogP contribution in [-0.4, -0.2) is 41.7 Å². The van der Waals surface area contributed by atoms with E-state index >= 15 is 0 Å². The second kappa shape index (κ2) is 7.52. The van der Waals surface area contributed by atoms with Crippen LogP contribution in [-0.2, 0) is 0 Å². The lowest BCUT2D eigenvalue weighted by Gasteiger charge is -2.26. The minimum Gasteiger partial charge on any atom is -0.496 e. The maximum absolute atomic E-state index is 12.2. The second-order valence-electron chi connectivity index (χ2n) is 4.94. The maximum Gasteiger partial charge on any atom is 0.339 e. The molecule has 1 rings (SSSR count). The normalized spacial score (nSPS) is 10.3. The van der Waals surface area contributed by atoms with E-state index in [-0.39, 0.29) is 23.4 Å². The number of rotatable bonds is 6. The predicted octanol–water partition coefficient (Wildman–Crippen LogP) is 3.05. The Morgan fingerprint density at radius 3 is 2.52 bits per heavy atom. The molecule has 0 aliphatic heterocycles. The van der Waals surface area contributed by atoms with E-state index in [4.69, 9.17) is 9.84 Å². The van der Waals surface area contributed by atoms with Crippen LogP contribution in [0, 0.1) is 0 Å². The van der Waals surface area contributed by atoms with E-state index in [1.807, 2.05) is 20.8 Å². The van der Waals surface area contributed by atoms with Gasteiger partial charge in [0.15, 0.2) is 0 Å². The number of ether oxygens (including phenoxy) is 1. The van der Waals surface area contributed by atoms with Gasteiger partial charge in [-0.3, -0.25) is 0 Å². The summed E-state index contributed by atoms with van der Waals surface area (Å²) in [5.74, 6) is -0.855. The van der Waals surface area contributed by atoms with Gasteiger partial charge in [0.05, 0.1) is 7.11 Å². The number of anilines is 1. The van der Waals surface area contributed by atoms with Gasteiger partial charge < -0.3 is 20.1 Å². The summed E-state index contributed by atoms with van der Waals surface area (Å²) >= 11 is 0. The van der Waals surface area contributed by atoms with Gasteiger partial charge in [0.25, 0.3) is 0 Å². The Kier molecular flexibility index (Phi) is 6.02. The van der Waals surface area contributed by atoms with Gasteiger partial charge in [0.2, 0.25) is 0 Å². The van der Waals surface area contributed by atoms with Crippen molar-refractivity contribution in [1.29, 1.82) is 0 Å². The highest BCUT2D eigenvalue weighted by Crippen LogP contribution is 2.23. The van der Waals surface area contributed by atoms with Crippen LogP contribution in [0.4, 0.5) is 10.5 Å². The number of benzene rings is 1. The molecule has 6 nitrogen and oxygen atoms in total. The predicted molar refractivity (Wildman–Crippen MR) is 81.1 cm³/mol. The van der Waals surface area contributed by atoms with Crippen molar-refractivity contribution in [2.75, 3.05) is 19.0 Å². The molecule has 2 amide bonds. The quantitative estimate of drug-likeness (QED) is 0.845. The van der Waals surface area contributed by atoms with Crippen molar-refractivity contribution < 1.29 is 19.4 Å². The van der Waals surface area contributed by atoms with Crippen LogP contribution < -0.4 is 10.1 Å². The Bertz CT molecular complexity index is 514. The van der Waals surface area contributed by atoms with Crippen molar-refractivity contribution in [2.24, 2.45) is 0 Å². The first-order valence-electron chi connectivity index (χ1n) is 6.89. The average Bonchev–Trinajstić information content (AvgIpc) is 2.43. The molecule has 0 saturated heterocycles. The molecule has 0 aliphatic rings. The summed E-state index contributed by atoms with van der Waals surface area (Å²) < 4.78 is 5.04. The lowest BCUT2D eigenvalue weighted by Crippen LogP contribution is -2.40. The number of carbonyl (C=O) groups is 2. The number of carboxylic acids is 1. The number of methoxy groups -OCH3 is 1. The molecule has 1 aromatic carbocycles. The first kappa shape index (κ1) is 16.8. The number of hydrogen-bond donors (Lipinski definition) is 2. The fraction of sp³-hybridized carbons (Fsp3) is 0.467. The highest BCUT2D eigenvalue weighted by molar-refractivity contribution is 5.94. The Labute approximate surface area is 124 Å². The number of aromatic carboxylic acids is 1. The van der Waals surface area contributed by atoms with E-state index in [1.165, 1.54) is 19.2 Å². The Morgan fingerprint density at radius 2 is 2.05 bits per heavy atom. The third-order valence-electron chi connectivity index (χ3n) is 3.03. The third kappa shape index (κ3) is 4.37. The summed E-state index contributed by atoms with van der Waals surface area (Å²) in [5, 5.41) is 11.8. The van der Waals surface area contributed by atoms with E-state index in [1.54, 1.807) is 11.0 Å². The van der Waals surface area contributed by atoms with Crippen LogP contribution in [0.5, 0.6) is 5.75 Å². The van der Waals surface area contributed by atoms with Crippen molar-refractivity contribution in [1.82, 2.24) is 4.90 Å². The van der Waals surface area contributed by atoms with Crippen LogP contribution in [0.25, 0.3) is 0 Å².